The van der Waals surface area contributed by atoms with Crippen molar-refractivity contribution in [1.29, 1.82) is 10.5 Å². The summed E-state index contributed by atoms with van der Waals surface area (Å²) in [5, 5.41) is 20.4. The van der Waals surface area contributed by atoms with Crippen molar-refractivity contribution in [2.75, 3.05) is 0 Å². The zero-order valence-corrected chi connectivity index (χ0v) is 23.2. The number of nitriles is 2. The Hall–Kier alpha value is -4.50. The van der Waals surface area contributed by atoms with E-state index in [1.807, 2.05) is 6.07 Å². The molecule has 0 radical (unpaired) electrons. The molecular formula is C33H30N2O7. The summed E-state index contributed by atoms with van der Waals surface area (Å²) in [6, 6.07) is 14.7. The number of carbonyl (C=O) groups excluding carboxylic acids is 4. The second-order valence-electron chi connectivity index (χ2n) is 11.7. The van der Waals surface area contributed by atoms with E-state index in [1.54, 1.807) is 30.3 Å². The molecule has 0 bridgehead atoms. The van der Waals surface area contributed by atoms with Crippen LogP contribution in [-0.4, -0.2) is 30.0 Å². The standard InChI is InChI=1S/C33H30N2O7/c1-2-5-17-8-10-18(11-9-17)19-12-13-25(24(16-35)23(19)15-34)40-30-27(22-14-26(36)41-31(22)37)20-6-3-4-7-21(20)28-29(30)33(39)42-32(28)38/h3-4,6-7,12-13,17-18,22,27-30H,2,5,8-11,14H2,1H3. The van der Waals surface area contributed by atoms with Gasteiger partial charge in [0.25, 0.3) is 0 Å². The third-order valence-corrected chi connectivity index (χ3v) is 9.49. The second-order valence-corrected chi connectivity index (χ2v) is 11.7. The SMILES string of the molecule is CCCC1CCC(c2ccc(OC3C4C(=O)OC(=O)C4c4ccccc4C3C3CC(=O)OC3=O)c(C#N)c2C#N)CC1. The molecule has 4 aliphatic rings. The zero-order valence-electron chi connectivity index (χ0n) is 23.2. The van der Waals surface area contributed by atoms with Crippen molar-refractivity contribution < 1.29 is 33.4 Å². The molecule has 0 spiro atoms. The van der Waals surface area contributed by atoms with Gasteiger partial charge in [-0.05, 0) is 60.3 Å². The first kappa shape index (κ1) is 27.7. The highest BCUT2D eigenvalue weighted by atomic mass is 16.6. The number of fused-ring (bicyclic) bond motifs is 3. The van der Waals surface area contributed by atoms with Crippen LogP contribution in [0.25, 0.3) is 0 Å². The Bertz CT molecular complexity index is 1560. The third kappa shape index (κ3) is 4.54. The summed E-state index contributed by atoms with van der Waals surface area (Å²) in [5.74, 6) is -5.94. The second kappa shape index (κ2) is 11.1. The minimum atomic E-state index is -1.14. The highest BCUT2D eigenvalue weighted by Crippen LogP contribution is 2.52. The van der Waals surface area contributed by atoms with E-state index in [0.717, 1.165) is 37.7 Å². The summed E-state index contributed by atoms with van der Waals surface area (Å²) < 4.78 is 16.4. The van der Waals surface area contributed by atoms with Crippen LogP contribution in [0.3, 0.4) is 0 Å². The predicted octanol–water partition coefficient (Wildman–Crippen LogP) is 4.92. The lowest BCUT2D eigenvalue weighted by Crippen LogP contribution is -2.46. The van der Waals surface area contributed by atoms with Crippen LogP contribution in [0.15, 0.2) is 36.4 Å². The van der Waals surface area contributed by atoms with Gasteiger partial charge in [-0.25, -0.2) is 0 Å². The molecule has 2 aromatic rings. The monoisotopic (exact) mass is 566 g/mol. The number of hydrogen-bond donors (Lipinski definition) is 0. The minimum Gasteiger partial charge on any atom is -0.487 e. The molecule has 0 aromatic heterocycles. The van der Waals surface area contributed by atoms with E-state index >= 15 is 0 Å². The van der Waals surface area contributed by atoms with Crippen LogP contribution in [0.4, 0.5) is 0 Å². The fourth-order valence-electron chi connectivity index (χ4n) is 7.60. The average Bonchev–Trinajstić information content (AvgIpc) is 3.49. The maximum Gasteiger partial charge on any atom is 0.322 e. The number of carbonyl (C=O) groups is 4. The van der Waals surface area contributed by atoms with Gasteiger partial charge in [0.05, 0.1) is 23.8 Å². The molecule has 5 atom stereocenters. The van der Waals surface area contributed by atoms with E-state index < -0.39 is 53.7 Å². The van der Waals surface area contributed by atoms with E-state index in [4.69, 9.17) is 14.2 Å². The summed E-state index contributed by atoms with van der Waals surface area (Å²) in [6.07, 6.45) is 4.98. The quantitative estimate of drug-likeness (QED) is 0.351. The van der Waals surface area contributed by atoms with Gasteiger partial charge in [0, 0.05) is 5.92 Å². The summed E-state index contributed by atoms with van der Waals surface area (Å²) in [6.45, 7) is 2.18. The molecule has 42 heavy (non-hydrogen) atoms. The lowest BCUT2D eigenvalue weighted by Gasteiger charge is -2.40. The van der Waals surface area contributed by atoms with Gasteiger partial charge in [0.2, 0.25) is 0 Å². The van der Waals surface area contributed by atoms with Crippen molar-refractivity contribution >= 4 is 23.9 Å². The molecule has 9 heteroatoms. The lowest BCUT2D eigenvalue weighted by molar-refractivity contribution is -0.156. The molecule has 0 N–H and O–H groups in total. The Balaban J connectivity index is 1.42. The first-order valence-electron chi connectivity index (χ1n) is 14.6. The molecular weight excluding hydrogens is 536 g/mol. The summed E-state index contributed by atoms with van der Waals surface area (Å²) in [7, 11) is 0. The summed E-state index contributed by atoms with van der Waals surface area (Å²) >= 11 is 0. The number of nitrogens with zero attached hydrogens (tertiary/aromatic N) is 2. The van der Waals surface area contributed by atoms with Gasteiger partial charge in [0.1, 0.15) is 35.5 Å². The first-order valence-corrected chi connectivity index (χ1v) is 14.6. The molecule has 2 aliphatic heterocycles. The fraction of sp³-hybridized carbons (Fsp3) is 0.455. The van der Waals surface area contributed by atoms with Gasteiger partial charge in [-0.2, -0.15) is 10.5 Å². The van der Waals surface area contributed by atoms with Crippen LogP contribution in [0.1, 0.15) is 97.4 Å². The van der Waals surface area contributed by atoms with E-state index in [0.29, 0.717) is 17.0 Å². The number of rotatable bonds is 6. The topological polar surface area (TPSA) is 144 Å². The molecule has 214 valence electrons. The van der Waals surface area contributed by atoms with Crippen LogP contribution in [-0.2, 0) is 28.7 Å². The van der Waals surface area contributed by atoms with Crippen LogP contribution in [0.5, 0.6) is 5.75 Å². The molecule has 2 saturated heterocycles. The van der Waals surface area contributed by atoms with Crippen molar-refractivity contribution in [2.45, 2.75) is 75.7 Å². The minimum absolute atomic E-state index is 0.0441. The number of benzene rings is 2. The number of cyclic esters (lactones) is 4. The normalized spacial score (nSPS) is 30.0. The van der Waals surface area contributed by atoms with Crippen LogP contribution in [0, 0.1) is 40.4 Å². The predicted molar refractivity (Wildman–Crippen MR) is 146 cm³/mol. The van der Waals surface area contributed by atoms with Gasteiger partial charge in [-0.3, -0.25) is 19.2 Å². The Morgan fingerprint density at radius 3 is 2.17 bits per heavy atom. The van der Waals surface area contributed by atoms with Crippen molar-refractivity contribution in [3.05, 3.63) is 64.2 Å². The molecule has 9 nitrogen and oxygen atoms in total. The molecule has 6 rings (SSSR count). The number of ether oxygens (including phenoxy) is 3. The Morgan fingerprint density at radius 1 is 0.810 bits per heavy atom. The number of esters is 4. The van der Waals surface area contributed by atoms with Crippen molar-refractivity contribution in [2.24, 2.45) is 17.8 Å². The third-order valence-electron chi connectivity index (χ3n) is 9.49. The van der Waals surface area contributed by atoms with E-state index in [2.05, 4.69) is 19.1 Å². The van der Waals surface area contributed by atoms with Gasteiger partial charge < -0.3 is 14.2 Å². The summed E-state index contributed by atoms with van der Waals surface area (Å²) in [5.41, 5.74) is 2.19. The fourth-order valence-corrected chi connectivity index (χ4v) is 7.60. The zero-order chi connectivity index (χ0) is 29.5. The van der Waals surface area contributed by atoms with Crippen LogP contribution >= 0.6 is 0 Å². The first-order chi connectivity index (χ1) is 20.4. The van der Waals surface area contributed by atoms with E-state index in [1.165, 1.54) is 6.42 Å². The molecule has 2 aromatic carbocycles. The lowest BCUT2D eigenvalue weighted by atomic mass is 9.65. The van der Waals surface area contributed by atoms with Crippen molar-refractivity contribution in [3.8, 4) is 17.9 Å². The van der Waals surface area contributed by atoms with E-state index in [9.17, 15) is 29.7 Å². The molecule has 3 fully saturated rings. The molecule has 2 heterocycles. The van der Waals surface area contributed by atoms with Gasteiger partial charge >= 0.3 is 23.9 Å². The molecule has 2 aliphatic carbocycles. The Labute approximate surface area is 243 Å². The molecule has 1 saturated carbocycles. The Kier molecular flexibility index (Phi) is 7.28. The van der Waals surface area contributed by atoms with Gasteiger partial charge in [-0.15, -0.1) is 0 Å². The molecule has 0 amide bonds. The van der Waals surface area contributed by atoms with Crippen molar-refractivity contribution in [3.63, 3.8) is 0 Å². The molecule has 5 unspecified atom stereocenters. The van der Waals surface area contributed by atoms with Crippen molar-refractivity contribution in [1.82, 2.24) is 0 Å². The highest BCUT2D eigenvalue weighted by molar-refractivity contribution is 6.01. The summed E-state index contributed by atoms with van der Waals surface area (Å²) in [4.78, 5) is 51.0. The average molecular weight is 567 g/mol. The van der Waals surface area contributed by atoms with Crippen LogP contribution in [0.2, 0.25) is 0 Å². The maximum absolute atomic E-state index is 13.1. The van der Waals surface area contributed by atoms with E-state index in [-0.39, 0.29) is 29.2 Å². The number of hydrogen-bond acceptors (Lipinski definition) is 9. The smallest absolute Gasteiger partial charge is 0.322 e. The van der Waals surface area contributed by atoms with Crippen LogP contribution < -0.4 is 4.74 Å². The van der Waals surface area contributed by atoms with Gasteiger partial charge in [0.15, 0.2) is 0 Å². The van der Waals surface area contributed by atoms with Gasteiger partial charge in [-0.1, -0.05) is 50.1 Å². The largest absolute Gasteiger partial charge is 0.487 e. The highest BCUT2D eigenvalue weighted by Gasteiger charge is 2.60. The Morgan fingerprint density at radius 2 is 1.52 bits per heavy atom. The maximum atomic E-state index is 13.1.